The fraction of sp³-hybridized carbons (Fsp3) is 0.571. The first-order chi connectivity index (χ1) is 14.0. The van der Waals surface area contributed by atoms with Crippen molar-refractivity contribution >= 4 is 11.9 Å². The Morgan fingerprint density at radius 2 is 2.00 bits per heavy atom. The van der Waals surface area contributed by atoms with E-state index in [1.165, 1.54) is 18.4 Å². The van der Waals surface area contributed by atoms with Crippen LogP contribution in [0.4, 0.5) is 14.8 Å². The number of carbonyl (C=O) groups excluding carboxylic acids is 1. The van der Waals surface area contributed by atoms with Gasteiger partial charge in [-0.15, -0.1) is 5.10 Å². The van der Waals surface area contributed by atoms with E-state index in [1.807, 2.05) is 19.1 Å². The van der Waals surface area contributed by atoms with Crippen molar-refractivity contribution in [3.8, 4) is 11.5 Å². The van der Waals surface area contributed by atoms with E-state index in [-0.39, 0.29) is 24.3 Å². The van der Waals surface area contributed by atoms with Gasteiger partial charge in [0, 0.05) is 25.1 Å². The fourth-order valence-corrected chi connectivity index (χ4v) is 3.90. The van der Waals surface area contributed by atoms with Gasteiger partial charge in [-0.2, -0.15) is 0 Å². The Hall–Kier alpha value is -2.51. The summed E-state index contributed by atoms with van der Waals surface area (Å²) in [5.41, 5.74) is 2.17. The molecular weight excluding hydrogens is 378 g/mol. The highest BCUT2D eigenvalue weighted by atomic mass is 19.3. The summed E-state index contributed by atoms with van der Waals surface area (Å²) >= 11 is 0. The number of anilines is 1. The first-order valence-electron chi connectivity index (χ1n) is 10.3. The summed E-state index contributed by atoms with van der Waals surface area (Å²) in [6.07, 6.45) is 1.17. The first kappa shape index (κ1) is 19.8. The van der Waals surface area contributed by atoms with Gasteiger partial charge in [-0.05, 0) is 55.2 Å². The standard InChI is InChI=1S/C21H26F2N4O2/c1-2-17(20(28)27-10-9-13(12-27)11-18(22)23)24-21-26-25-19(29-21)16-7-5-15(6-8-16)14-3-4-14/h5-8,13-14,17-18H,2-4,9-12H2,1H3,(H,24,26). The van der Waals surface area contributed by atoms with Crippen LogP contribution >= 0.6 is 0 Å². The van der Waals surface area contributed by atoms with Gasteiger partial charge in [0.2, 0.25) is 18.2 Å². The molecule has 0 spiro atoms. The van der Waals surface area contributed by atoms with Crippen molar-refractivity contribution in [1.29, 1.82) is 0 Å². The number of alkyl halides is 2. The lowest BCUT2D eigenvalue weighted by Crippen LogP contribution is -2.41. The molecule has 1 aliphatic carbocycles. The molecule has 1 aliphatic heterocycles. The predicted molar refractivity (Wildman–Crippen MR) is 105 cm³/mol. The minimum atomic E-state index is -2.33. The number of hydrogen-bond donors (Lipinski definition) is 1. The average molecular weight is 404 g/mol. The monoisotopic (exact) mass is 404 g/mol. The van der Waals surface area contributed by atoms with Crippen LogP contribution < -0.4 is 5.32 Å². The van der Waals surface area contributed by atoms with Gasteiger partial charge in [-0.25, -0.2) is 8.78 Å². The minimum absolute atomic E-state index is 0.113. The summed E-state index contributed by atoms with van der Waals surface area (Å²) in [5, 5.41) is 11.1. The number of benzene rings is 1. The molecule has 1 saturated carbocycles. The van der Waals surface area contributed by atoms with Crippen LogP contribution in [0.1, 0.15) is 50.5 Å². The molecule has 1 N–H and O–H groups in total. The van der Waals surface area contributed by atoms with E-state index >= 15 is 0 Å². The third-order valence-electron chi connectivity index (χ3n) is 5.74. The summed E-state index contributed by atoms with van der Waals surface area (Å²) in [5.74, 6) is 0.837. The number of rotatable bonds is 8. The molecule has 2 atom stereocenters. The molecule has 2 aliphatic rings. The molecule has 4 rings (SSSR count). The number of amides is 1. The molecule has 2 heterocycles. The van der Waals surface area contributed by atoms with E-state index in [1.54, 1.807) is 4.90 Å². The number of likely N-dealkylation sites (tertiary alicyclic amines) is 1. The van der Waals surface area contributed by atoms with Crippen molar-refractivity contribution < 1.29 is 18.0 Å². The predicted octanol–water partition coefficient (Wildman–Crippen LogP) is 4.31. The topological polar surface area (TPSA) is 71.3 Å². The maximum atomic E-state index is 12.8. The van der Waals surface area contributed by atoms with Gasteiger partial charge >= 0.3 is 6.01 Å². The van der Waals surface area contributed by atoms with E-state index in [0.29, 0.717) is 37.7 Å². The summed E-state index contributed by atoms with van der Waals surface area (Å²) in [7, 11) is 0. The lowest BCUT2D eigenvalue weighted by atomic mass is 10.1. The Morgan fingerprint density at radius 1 is 1.24 bits per heavy atom. The maximum Gasteiger partial charge on any atom is 0.316 e. The lowest BCUT2D eigenvalue weighted by molar-refractivity contribution is -0.131. The number of aromatic nitrogens is 2. The normalized spacial score (nSPS) is 20.3. The van der Waals surface area contributed by atoms with Gasteiger partial charge in [-0.1, -0.05) is 24.2 Å². The lowest BCUT2D eigenvalue weighted by Gasteiger charge is -2.22. The molecule has 2 fully saturated rings. The highest BCUT2D eigenvalue weighted by molar-refractivity contribution is 5.84. The summed E-state index contributed by atoms with van der Waals surface area (Å²) < 4.78 is 30.9. The Labute approximate surface area is 168 Å². The molecular formula is C21H26F2N4O2. The zero-order valence-corrected chi connectivity index (χ0v) is 16.5. The van der Waals surface area contributed by atoms with Crippen LogP contribution in [0.5, 0.6) is 0 Å². The molecule has 156 valence electrons. The van der Waals surface area contributed by atoms with Crippen molar-refractivity contribution in [3.63, 3.8) is 0 Å². The Morgan fingerprint density at radius 3 is 2.66 bits per heavy atom. The Kier molecular flexibility index (Phi) is 5.78. The number of nitrogens with zero attached hydrogens (tertiary/aromatic N) is 3. The van der Waals surface area contributed by atoms with Crippen molar-refractivity contribution in [3.05, 3.63) is 29.8 Å². The smallest absolute Gasteiger partial charge is 0.316 e. The molecule has 8 heteroatoms. The largest absolute Gasteiger partial charge is 0.403 e. The van der Waals surface area contributed by atoms with E-state index < -0.39 is 12.5 Å². The molecule has 0 bridgehead atoms. The van der Waals surface area contributed by atoms with Gasteiger partial charge in [0.1, 0.15) is 6.04 Å². The number of carbonyl (C=O) groups is 1. The number of nitrogens with one attached hydrogen (secondary N) is 1. The zero-order chi connectivity index (χ0) is 20.4. The van der Waals surface area contributed by atoms with Crippen LogP contribution in [0.3, 0.4) is 0 Å². The van der Waals surface area contributed by atoms with E-state index in [4.69, 9.17) is 4.42 Å². The van der Waals surface area contributed by atoms with Crippen LogP contribution in [0.25, 0.3) is 11.5 Å². The second-order valence-electron chi connectivity index (χ2n) is 7.98. The third kappa shape index (κ3) is 4.74. The van der Waals surface area contributed by atoms with Crippen LogP contribution in [-0.4, -0.2) is 46.6 Å². The van der Waals surface area contributed by atoms with Crippen LogP contribution in [0.2, 0.25) is 0 Å². The first-order valence-corrected chi connectivity index (χ1v) is 10.3. The molecule has 1 saturated heterocycles. The second kappa shape index (κ2) is 8.47. The quantitative estimate of drug-likeness (QED) is 0.710. The van der Waals surface area contributed by atoms with E-state index in [9.17, 15) is 13.6 Å². The van der Waals surface area contributed by atoms with Crippen LogP contribution in [0, 0.1) is 5.92 Å². The molecule has 6 nitrogen and oxygen atoms in total. The van der Waals surface area contributed by atoms with Gasteiger partial charge in [0.05, 0.1) is 0 Å². The maximum absolute atomic E-state index is 12.8. The Bertz CT molecular complexity index is 835. The van der Waals surface area contributed by atoms with Gasteiger partial charge in [-0.3, -0.25) is 4.79 Å². The molecule has 2 unspecified atom stereocenters. The van der Waals surface area contributed by atoms with Crippen molar-refractivity contribution in [2.75, 3.05) is 18.4 Å². The molecule has 2 aromatic rings. The van der Waals surface area contributed by atoms with Crippen molar-refractivity contribution in [2.24, 2.45) is 5.92 Å². The van der Waals surface area contributed by atoms with Gasteiger partial charge < -0.3 is 14.6 Å². The second-order valence-corrected chi connectivity index (χ2v) is 7.98. The number of hydrogen-bond acceptors (Lipinski definition) is 5. The van der Waals surface area contributed by atoms with Crippen LogP contribution in [-0.2, 0) is 4.79 Å². The Balaban J connectivity index is 1.37. The average Bonchev–Trinajstić information content (AvgIpc) is 3.29. The SMILES string of the molecule is CCC(Nc1nnc(-c2ccc(C3CC3)cc2)o1)C(=O)N1CCC(CC(F)F)C1. The third-order valence-corrected chi connectivity index (χ3v) is 5.74. The summed E-state index contributed by atoms with van der Waals surface area (Å²) in [4.78, 5) is 14.4. The van der Waals surface area contributed by atoms with Crippen molar-refractivity contribution in [2.45, 2.75) is 57.4 Å². The molecule has 1 aromatic heterocycles. The fourth-order valence-electron chi connectivity index (χ4n) is 3.90. The van der Waals surface area contributed by atoms with E-state index in [0.717, 1.165) is 5.56 Å². The molecule has 1 amide bonds. The van der Waals surface area contributed by atoms with Crippen LogP contribution in [0.15, 0.2) is 28.7 Å². The highest BCUT2D eigenvalue weighted by Crippen LogP contribution is 2.40. The number of halogens is 2. The zero-order valence-electron chi connectivity index (χ0n) is 16.5. The molecule has 0 radical (unpaired) electrons. The molecule has 1 aromatic carbocycles. The van der Waals surface area contributed by atoms with E-state index in [2.05, 4.69) is 27.6 Å². The molecule has 29 heavy (non-hydrogen) atoms. The minimum Gasteiger partial charge on any atom is -0.403 e. The van der Waals surface area contributed by atoms with Crippen molar-refractivity contribution in [1.82, 2.24) is 15.1 Å². The summed E-state index contributed by atoms with van der Waals surface area (Å²) in [6, 6.07) is 7.79. The highest BCUT2D eigenvalue weighted by Gasteiger charge is 2.32. The van der Waals surface area contributed by atoms with Gasteiger partial charge in [0.25, 0.3) is 0 Å². The van der Waals surface area contributed by atoms with Gasteiger partial charge in [0.15, 0.2) is 0 Å². The summed E-state index contributed by atoms with van der Waals surface area (Å²) in [6.45, 7) is 2.77.